The van der Waals surface area contributed by atoms with E-state index in [0.717, 1.165) is 6.42 Å². The van der Waals surface area contributed by atoms with Gasteiger partial charge in [-0.15, -0.1) is 0 Å². The van der Waals surface area contributed by atoms with Crippen molar-refractivity contribution in [3.05, 3.63) is 0 Å². The van der Waals surface area contributed by atoms with Crippen LogP contribution >= 0.6 is 7.82 Å². The van der Waals surface area contributed by atoms with E-state index in [0.29, 0.717) is 24.1 Å². The predicted octanol–water partition coefficient (Wildman–Crippen LogP) is -2.83. The molecule has 23 heavy (non-hydrogen) atoms. The molecule has 1 amide bonds. The second kappa shape index (κ2) is 13.6. The fraction of sp³-hybridized carbons (Fsp3) is 0.818. The molecular weight excluding hydrogens is 584 g/mol. The first kappa shape index (κ1) is 25.9. The molecule has 10 nitrogen and oxygen atoms in total. The van der Waals surface area contributed by atoms with Gasteiger partial charge in [0.15, 0.2) is 0 Å². The number of nitrogens with zero attached hydrogens (tertiary/aromatic N) is 1. The van der Waals surface area contributed by atoms with Gasteiger partial charge in [0.1, 0.15) is 6.54 Å². The van der Waals surface area contributed by atoms with Crippen LogP contribution in [0.4, 0.5) is 0 Å². The number of quaternary nitrogens is 1. The molecule has 0 bridgehead atoms. The van der Waals surface area contributed by atoms with Gasteiger partial charge in [-0.2, -0.15) is 6.41 Å². The number of likely N-dealkylation sites (N-methyl/N-ethyl adjacent to an activating group) is 2. The average molecular weight is 609 g/mol. The second-order valence-electron chi connectivity index (χ2n) is 5.00. The molecule has 0 aliphatic heterocycles. The molecule has 4 N–H and O–H groups in total. The first-order chi connectivity index (χ1) is 10.0. The quantitative estimate of drug-likeness (QED) is 0.0645. The number of phosphoric acid groups is 1. The molecule has 0 saturated carbocycles. The van der Waals surface area contributed by atoms with E-state index in [1.165, 1.54) is 0 Å². The van der Waals surface area contributed by atoms with Crippen molar-refractivity contribution < 1.29 is 38.1 Å². The minimum atomic E-state index is -4.24. The van der Waals surface area contributed by atoms with E-state index in [9.17, 15) is 19.3 Å². The number of carboxylic acid groups (broad SMARTS) is 1. The van der Waals surface area contributed by atoms with Crippen LogP contribution in [0, 0.1) is 0 Å². The largest absolute Gasteiger partial charge is 0.544 e. The summed E-state index contributed by atoms with van der Waals surface area (Å²) in [4.78, 5) is 36.3. The third-order valence-corrected chi connectivity index (χ3v) is 2.82. The van der Waals surface area contributed by atoms with Crippen LogP contribution in [0.3, 0.4) is 0 Å². The molecule has 0 aliphatic carbocycles. The Hall–Kier alpha value is -2.03. The van der Waals surface area contributed by atoms with Crippen molar-refractivity contribution in [2.75, 3.05) is 53.9 Å². The number of nitrogens with one attached hydrogen (secondary N) is 2. The predicted molar refractivity (Wildman–Crippen MR) is 77.1 cm³/mol. The van der Waals surface area contributed by atoms with Gasteiger partial charge >= 0.3 is 7.82 Å². The minimum absolute atomic E-state index is 0. The van der Waals surface area contributed by atoms with Gasteiger partial charge in [0.25, 0.3) is 0 Å². The monoisotopic (exact) mass is 609 g/mol. The van der Waals surface area contributed by atoms with E-state index in [1.54, 1.807) is 27.6 Å². The zero-order valence-electron chi connectivity index (χ0n) is 13.8. The maximum atomic E-state index is 10.3. The maximum Gasteiger partial charge on any atom is 0.469 e. The number of hydrogen-bond donors (Lipinski definition) is 4. The third-order valence-electron chi connectivity index (χ3n) is 2.31. The van der Waals surface area contributed by atoms with Crippen LogP contribution < -0.4 is 15.7 Å². The summed E-state index contributed by atoms with van der Waals surface area (Å²) >= 11 is 0. The van der Waals surface area contributed by atoms with Crippen molar-refractivity contribution in [1.82, 2.24) is 10.6 Å². The summed E-state index contributed by atoms with van der Waals surface area (Å²) in [6, 6.07) is 0. The van der Waals surface area contributed by atoms with Crippen molar-refractivity contribution in [1.29, 1.82) is 0 Å². The molecule has 0 fully saturated rings. The Kier molecular flexibility index (Phi) is 15.3. The van der Waals surface area contributed by atoms with Gasteiger partial charge in [-0.05, 0) is 13.6 Å². The van der Waals surface area contributed by atoms with Gasteiger partial charge in [-0.3, -0.25) is 4.52 Å². The van der Waals surface area contributed by atoms with Crippen LogP contribution in [0.2, 0.25) is 0 Å². The smallest absolute Gasteiger partial charge is 0.469 e. The number of aliphatic carboxylic acids is 1. The Labute approximate surface area is 130 Å². The summed E-state index contributed by atoms with van der Waals surface area (Å²) in [5.74, 6) is -1.06. The number of carbonyl (C=O) groups is 1. The molecule has 0 aromatic rings. The van der Waals surface area contributed by atoms with Gasteiger partial charge < -0.3 is 39.6 Å². The number of phosphoric ester groups is 1. The van der Waals surface area contributed by atoms with Crippen LogP contribution in [0.25, 0.3) is 0 Å². The van der Waals surface area contributed by atoms with Crippen molar-refractivity contribution in [3.63, 3.8) is 0 Å². The Morgan fingerprint density at radius 3 is 2.30 bits per heavy atom. The maximum absolute atomic E-state index is 10.3. The number of amides is 1. The number of rotatable bonds is 11. The van der Waals surface area contributed by atoms with Gasteiger partial charge in [-0.25, -0.2) is 4.57 Å². The molecule has 134 valence electrons. The molecule has 0 aliphatic rings. The summed E-state index contributed by atoms with van der Waals surface area (Å²) in [5, 5.41) is 15.4. The van der Waals surface area contributed by atoms with Crippen LogP contribution in [-0.4, -0.2) is 80.6 Å². The summed E-state index contributed by atoms with van der Waals surface area (Å²) in [7, 11) is 1.05. The minimum Gasteiger partial charge on any atom is -0.544 e. The SMILES string of the molecule is CNCCOP(=O)(O)O.C[N+](C)(CCCN[C-]=O)CC(=O)[O-].[Rf]. The van der Waals surface area contributed by atoms with E-state index in [1.807, 2.05) is 0 Å². The van der Waals surface area contributed by atoms with Gasteiger partial charge in [-0.1, -0.05) is 0 Å². The zero-order chi connectivity index (χ0) is 17.6. The summed E-state index contributed by atoms with van der Waals surface area (Å²) in [5.41, 5.74) is 0. The summed E-state index contributed by atoms with van der Waals surface area (Å²) in [6.07, 6.45) is 2.29. The van der Waals surface area contributed by atoms with Crippen molar-refractivity contribution in [2.45, 2.75) is 6.42 Å². The molecule has 0 rings (SSSR count). The van der Waals surface area contributed by atoms with Crippen LogP contribution in [-0.2, 0) is 18.7 Å². The van der Waals surface area contributed by atoms with E-state index in [-0.39, 0.29) is 13.2 Å². The second-order valence-corrected chi connectivity index (χ2v) is 6.24. The molecule has 0 spiro atoms. The van der Waals surface area contributed by atoms with Gasteiger partial charge in [0, 0.05) is 13.0 Å². The zero-order valence-corrected chi connectivity index (χ0v) is 21.1. The Morgan fingerprint density at radius 2 is 1.91 bits per heavy atom. The van der Waals surface area contributed by atoms with E-state index in [2.05, 4.69) is 15.2 Å². The molecule has 0 aromatic carbocycles. The molecular formula is C11H25N3O7PRf-. The van der Waals surface area contributed by atoms with Crippen molar-refractivity contribution in [2.24, 2.45) is 0 Å². The molecule has 0 saturated heterocycles. The van der Waals surface area contributed by atoms with Crippen LogP contribution in [0.1, 0.15) is 6.42 Å². The summed E-state index contributed by atoms with van der Waals surface area (Å²) < 4.78 is 14.4. The standard InChI is InChI=1S/C8H16N2O3.C3H10NO4P.Rf/c1-10(2,6-8(12)13)5-3-4-9-7-11;1-4-2-3-8-9(5,6)7;/h3-6H2,1-2H3,(H,9,11)(H,12,13);4H,2-3H2,1H3,(H2,5,6,7);/p-1. The average Bonchev–Trinajstić information content (AvgIpc) is 2.33. The fourth-order valence-electron chi connectivity index (χ4n) is 1.34. The van der Waals surface area contributed by atoms with Crippen LogP contribution in [0.5, 0.6) is 0 Å². The van der Waals surface area contributed by atoms with Crippen molar-refractivity contribution in [3.8, 4) is 0 Å². The molecule has 0 atom stereocenters. The first-order valence-corrected chi connectivity index (χ1v) is 8.03. The van der Waals surface area contributed by atoms with E-state index >= 15 is 0 Å². The first-order valence-electron chi connectivity index (χ1n) is 6.50. The number of hydrogen-bond acceptors (Lipinski definition) is 6. The van der Waals surface area contributed by atoms with E-state index in [4.69, 9.17) is 9.79 Å². The Morgan fingerprint density at radius 1 is 1.35 bits per heavy atom. The normalized spacial score (nSPS) is 10.8. The summed E-state index contributed by atoms with van der Waals surface area (Å²) in [6.45, 7) is 1.66. The van der Waals surface area contributed by atoms with Crippen molar-refractivity contribution >= 4 is 20.2 Å². The molecule has 0 radical (unpaired) electrons. The molecule has 0 heterocycles. The molecule has 0 aromatic heterocycles. The fourth-order valence-corrected chi connectivity index (χ4v) is 1.67. The van der Waals surface area contributed by atoms with Gasteiger partial charge in [0.05, 0.1) is 33.2 Å². The van der Waals surface area contributed by atoms with E-state index < -0.39 is 13.8 Å². The Bertz CT molecular complexity index is 366. The molecule has 0 unspecified atom stereocenters. The number of carbonyl (C=O) groups excluding carboxylic acids is 2. The Balaban J connectivity index is -0.000000354. The van der Waals surface area contributed by atoms with Gasteiger partial charge in [0.2, 0.25) is 0 Å². The topological polar surface area (TPSA) is 148 Å². The third kappa shape index (κ3) is 25.3. The molecule has 12 heteroatoms. The number of carboxylic acids is 1. The van der Waals surface area contributed by atoms with Crippen LogP contribution in [0.15, 0.2) is 0 Å².